The van der Waals surface area contributed by atoms with Gasteiger partial charge in [-0.2, -0.15) is 0 Å². The van der Waals surface area contributed by atoms with Crippen LogP contribution in [-0.4, -0.2) is 15.9 Å². The Labute approximate surface area is 142 Å². The van der Waals surface area contributed by atoms with E-state index in [0.29, 0.717) is 6.04 Å². The maximum Gasteiger partial charge on any atom is 0.137 e. The van der Waals surface area contributed by atoms with Crippen LogP contribution < -0.4 is 4.90 Å². The van der Waals surface area contributed by atoms with E-state index in [-0.39, 0.29) is 5.82 Å². The van der Waals surface area contributed by atoms with Gasteiger partial charge < -0.3 is 9.30 Å². The summed E-state index contributed by atoms with van der Waals surface area (Å²) in [4.78, 5) is 6.78. The van der Waals surface area contributed by atoms with E-state index >= 15 is 0 Å². The highest BCUT2D eigenvalue weighted by Gasteiger charge is 2.26. The number of halogens is 1. The number of imidazole rings is 1. The molecule has 0 spiro atoms. The smallest absolute Gasteiger partial charge is 0.137 e. The van der Waals surface area contributed by atoms with Crippen LogP contribution in [0.15, 0.2) is 48.8 Å². The number of benzene rings is 1. The first-order valence-corrected chi connectivity index (χ1v) is 8.68. The number of anilines is 1. The van der Waals surface area contributed by atoms with Crippen LogP contribution in [0.2, 0.25) is 0 Å². The lowest BCUT2D eigenvalue weighted by Crippen LogP contribution is -2.22. The van der Waals surface area contributed by atoms with E-state index in [1.165, 1.54) is 11.3 Å². The Balaban J connectivity index is 0.000000815. The van der Waals surface area contributed by atoms with Crippen molar-refractivity contribution in [3.05, 3.63) is 65.9 Å². The fourth-order valence-corrected chi connectivity index (χ4v) is 3.37. The number of rotatable bonds is 2. The molecule has 1 atom stereocenters. The van der Waals surface area contributed by atoms with Crippen molar-refractivity contribution in [3.8, 4) is 0 Å². The third kappa shape index (κ3) is 3.01. The Morgan fingerprint density at radius 3 is 2.58 bits per heavy atom. The normalized spacial score (nSPS) is 17.0. The molecule has 1 aliphatic rings. The second-order valence-electron chi connectivity index (χ2n) is 5.92. The molecule has 1 unspecified atom stereocenters. The van der Waals surface area contributed by atoms with Gasteiger partial charge in [0.15, 0.2) is 0 Å². The molecule has 1 fully saturated rings. The molecule has 4 heteroatoms. The van der Waals surface area contributed by atoms with Gasteiger partial charge in [-0.3, -0.25) is 0 Å². The molecule has 1 aliphatic heterocycles. The van der Waals surface area contributed by atoms with Gasteiger partial charge in [-0.15, -0.1) is 0 Å². The Kier molecular flexibility index (Phi) is 4.84. The standard InChI is InChI=1S/C18H18FN3.C2H6/c1-13-11-20-18-9-8-16(12-22(13)18)21-10-2-3-17(21)14-4-6-15(19)7-5-14;1-2/h4-9,11-12,17H,2-3,10H2,1H3;1-2H3. The van der Waals surface area contributed by atoms with Gasteiger partial charge >= 0.3 is 0 Å². The summed E-state index contributed by atoms with van der Waals surface area (Å²) in [5.41, 5.74) is 4.48. The lowest BCUT2D eigenvalue weighted by atomic mass is 10.0. The van der Waals surface area contributed by atoms with Gasteiger partial charge in [0, 0.05) is 24.6 Å². The summed E-state index contributed by atoms with van der Waals surface area (Å²) in [6.45, 7) is 7.09. The fourth-order valence-electron chi connectivity index (χ4n) is 3.37. The third-order valence-corrected chi connectivity index (χ3v) is 4.51. The number of aryl methyl sites for hydroxylation is 1. The summed E-state index contributed by atoms with van der Waals surface area (Å²) in [7, 11) is 0. The fraction of sp³-hybridized carbons (Fsp3) is 0.350. The summed E-state index contributed by atoms with van der Waals surface area (Å²) < 4.78 is 15.3. The van der Waals surface area contributed by atoms with Gasteiger partial charge in [0.05, 0.1) is 11.7 Å². The van der Waals surface area contributed by atoms with E-state index < -0.39 is 0 Å². The molecule has 2 aromatic heterocycles. The summed E-state index contributed by atoms with van der Waals surface area (Å²) in [5, 5.41) is 0. The molecule has 1 aromatic carbocycles. The SMILES string of the molecule is CC.Cc1cnc2ccc(N3CCCC3c3ccc(F)cc3)cn12. The number of fused-ring (bicyclic) bond motifs is 1. The largest absolute Gasteiger partial charge is 0.363 e. The number of nitrogens with zero attached hydrogens (tertiary/aromatic N) is 3. The van der Waals surface area contributed by atoms with Crippen LogP contribution in [0.3, 0.4) is 0 Å². The molecule has 0 bridgehead atoms. The first kappa shape index (κ1) is 16.5. The highest BCUT2D eigenvalue weighted by Crippen LogP contribution is 2.36. The highest BCUT2D eigenvalue weighted by atomic mass is 19.1. The second-order valence-corrected chi connectivity index (χ2v) is 5.92. The summed E-state index contributed by atoms with van der Waals surface area (Å²) in [6, 6.07) is 11.4. The van der Waals surface area contributed by atoms with Crippen molar-refractivity contribution >= 4 is 11.3 Å². The predicted octanol–water partition coefficient (Wildman–Crippen LogP) is 5.15. The first-order chi connectivity index (χ1) is 11.7. The van der Waals surface area contributed by atoms with E-state index in [9.17, 15) is 4.39 Å². The van der Waals surface area contributed by atoms with E-state index in [0.717, 1.165) is 30.7 Å². The average Bonchev–Trinajstić information content (AvgIpc) is 3.24. The lowest BCUT2D eigenvalue weighted by molar-refractivity contribution is 0.624. The van der Waals surface area contributed by atoms with Crippen LogP contribution in [0.5, 0.6) is 0 Å². The van der Waals surface area contributed by atoms with Crippen molar-refractivity contribution in [2.24, 2.45) is 0 Å². The molecule has 0 saturated carbocycles. The minimum Gasteiger partial charge on any atom is -0.363 e. The topological polar surface area (TPSA) is 20.5 Å². The monoisotopic (exact) mass is 325 g/mol. The van der Waals surface area contributed by atoms with Crippen LogP contribution in [0.25, 0.3) is 5.65 Å². The highest BCUT2D eigenvalue weighted by molar-refractivity contribution is 5.55. The van der Waals surface area contributed by atoms with Gasteiger partial charge in [-0.1, -0.05) is 26.0 Å². The zero-order valence-corrected chi connectivity index (χ0v) is 14.5. The number of pyridine rings is 1. The predicted molar refractivity (Wildman–Crippen MR) is 97.0 cm³/mol. The van der Waals surface area contributed by atoms with E-state index in [2.05, 4.69) is 39.5 Å². The molecule has 0 amide bonds. The number of hydrogen-bond donors (Lipinski definition) is 0. The molecule has 3 aromatic rings. The third-order valence-electron chi connectivity index (χ3n) is 4.51. The van der Waals surface area contributed by atoms with Gasteiger partial charge in [0.2, 0.25) is 0 Å². The molecule has 0 radical (unpaired) electrons. The number of aromatic nitrogens is 2. The van der Waals surface area contributed by atoms with Crippen molar-refractivity contribution < 1.29 is 4.39 Å². The van der Waals surface area contributed by atoms with Crippen molar-refractivity contribution in [1.82, 2.24) is 9.38 Å². The minimum atomic E-state index is -0.177. The van der Waals surface area contributed by atoms with Crippen molar-refractivity contribution in [2.45, 2.75) is 39.7 Å². The summed E-state index contributed by atoms with van der Waals surface area (Å²) >= 11 is 0. The maximum absolute atomic E-state index is 13.2. The molecule has 0 aliphatic carbocycles. The van der Waals surface area contributed by atoms with Crippen molar-refractivity contribution in [1.29, 1.82) is 0 Å². The van der Waals surface area contributed by atoms with Crippen LogP contribution in [-0.2, 0) is 0 Å². The first-order valence-electron chi connectivity index (χ1n) is 8.68. The second kappa shape index (κ2) is 7.04. The Morgan fingerprint density at radius 2 is 1.83 bits per heavy atom. The molecule has 24 heavy (non-hydrogen) atoms. The quantitative estimate of drug-likeness (QED) is 0.649. The van der Waals surface area contributed by atoms with E-state index in [1.807, 2.05) is 32.2 Å². The van der Waals surface area contributed by atoms with Crippen LogP contribution >= 0.6 is 0 Å². The Hall–Kier alpha value is -2.36. The van der Waals surface area contributed by atoms with Crippen LogP contribution in [0, 0.1) is 12.7 Å². The molecule has 0 N–H and O–H groups in total. The minimum absolute atomic E-state index is 0.177. The van der Waals surface area contributed by atoms with Crippen LogP contribution in [0.4, 0.5) is 10.1 Å². The van der Waals surface area contributed by atoms with Gasteiger partial charge in [0.1, 0.15) is 11.5 Å². The molecule has 3 heterocycles. The number of hydrogen-bond acceptors (Lipinski definition) is 2. The Bertz CT molecular complexity index is 807. The van der Waals surface area contributed by atoms with Crippen LogP contribution in [0.1, 0.15) is 44.0 Å². The van der Waals surface area contributed by atoms with Gasteiger partial charge in [-0.05, 0) is 49.6 Å². The van der Waals surface area contributed by atoms with Crippen molar-refractivity contribution in [3.63, 3.8) is 0 Å². The maximum atomic E-state index is 13.2. The molecular weight excluding hydrogens is 301 g/mol. The summed E-state index contributed by atoms with van der Waals surface area (Å²) in [5.74, 6) is -0.177. The summed E-state index contributed by atoms with van der Waals surface area (Å²) in [6.07, 6.45) is 6.30. The molecule has 3 nitrogen and oxygen atoms in total. The molecular formula is C20H24FN3. The molecule has 1 saturated heterocycles. The molecule has 4 rings (SSSR count). The van der Waals surface area contributed by atoms with Crippen molar-refractivity contribution in [2.75, 3.05) is 11.4 Å². The zero-order valence-electron chi connectivity index (χ0n) is 14.5. The van der Waals surface area contributed by atoms with Gasteiger partial charge in [-0.25, -0.2) is 9.37 Å². The Morgan fingerprint density at radius 1 is 1.08 bits per heavy atom. The average molecular weight is 325 g/mol. The zero-order chi connectivity index (χ0) is 17.1. The van der Waals surface area contributed by atoms with E-state index in [4.69, 9.17) is 0 Å². The molecule has 126 valence electrons. The van der Waals surface area contributed by atoms with E-state index in [1.54, 1.807) is 12.1 Å². The van der Waals surface area contributed by atoms with Gasteiger partial charge in [0.25, 0.3) is 0 Å². The lowest BCUT2D eigenvalue weighted by Gasteiger charge is -2.27.